The monoisotopic (exact) mass is 224 g/mol. The summed E-state index contributed by atoms with van der Waals surface area (Å²) in [6, 6.07) is 0.466. The molecule has 1 amide bonds. The van der Waals surface area contributed by atoms with Crippen molar-refractivity contribution in [2.45, 2.75) is 50.1 Å². The molecule has 0 bridgehead atoms. The molecule has 2 heterocycles. The Bertz CT molecular complexity index is 281. The lowest BCUT2D eigenvalue weighted by atomic mass is 9.83. The van der Waals surface area contributed by atoms with Gasteiger partial charge in [-0.05, 0) is 51.6 Å². The number of carbonyl (C=O) groups excluding carboxylic acids is 1. The zero-order chi connectivity index (χ0) is 11.0. The summed E-state index contributed by atoms with van der Waals surface area (Å²) in [6.07, 6.45) is 6.85. The van der Waals surface area contributed by atoms with E-state index in [9.17, 15) is 4.79 Å². The minimum absolute atomic E-state index is 0.0195. The molecule has 4 heteroatoms. The molecule has 1 unspecified atom stereocenters. The maximum absolute atomic E-state index is 11.9. The molecule has 3 aliphatic rings. The van der Waals surface area contributed by atoms with Crippen molar-refractivity contribution >= 4 is 6.09 Å². The van der Waals surface area contributed by atoms with E-state index in [-0.39, 0.29) is 11.6 Å². The highest BCUT2D eigenvalue weighted by molar-refractivity contribution is 5.71. The van der Waals surface area contributed by atoms with E-state index in [0.717, 1.165) is 32.4 Å². The Kier molecular flexibility index (Phi) is 2.54. The van der Waals surface area contributed by atoms with Gasteiger partial charge in [0.2, 0.25) is 0 Å². The van der Waals surface area contributed by atoms with Crippen LogP contribution in [0.4, 0.5) is 4.79 Å². The van der Waals surface area contributed by atoms with E-state index in [0.29, 0.717) is 12.6 Å². The Morgan fingerprint density at radius 3 is 2.88 bits per heavy atom. The maximum Gasteiger partial charge on any atom is 0.410 e. The summed E-state index contributed by atoms with van der Waals surface area (Å²) >= 11 is 0. The fourth-order valence-electron chi connectivity index (χ4n) is 3.21. The molecule has 1 saturated carbocycles. The molecule has 4 nitrogen and oxygen atoms in total. The summed E-state index contributed by atoms with van der Waals surface area (Å²) in [5.41, 5.74) is 0.0195. The maximum atomic E-state index is 11.9. The average molecular weight is 224 g/mol. The van der Waals surface area contributed by atoms with Gasteiger partial charge in [-0.3, -0.25) is 4.90 Å². The van der Waals surface area contributed by atoms with Gasteiger partial charge >= 0.3 is 6.09 Å². The number of ether oxygens (including phenoxy) is 1. The quantitative estimate of drug-likeness (QED) is 0.734. The van der Waals surface area contributed by atoms with Crippen LogP contribution in [0.3, 0.4) is 0 Å². The van der Waals surface area contributed by atoms with Crippen molar-refractivity contribution in [3.8, 4) is 0 Å². The van der Waals surface area contributed by atoms with E-state index in [1.165, 1.54) is 19.3 Å². The molecule has 90 valence electrons. The summed E-state index contributed by atoms with van der Waals surface area (Å²) in [5.74, 6) is 0. The zero-order valence-electron chi connectivity index (χ0n) is 9.71. The molecule has 1 spiro atoms. The van der Waals surface area contributed by atoms with Gasteiger partial charge in [0.1, 0.15) is 6.61 Å². The van der Waals surface area contributed by atoms with Gasteiger partial charge in [0, 0.05) is 6.04 Å². The number of nitrogens with zero attached hydrogens (tertiary/aromatic N) is 1. The lowest BCUT2D eigenvalue weighted by Gasteiger charge is -2.43. The van der Waals surface area contributed by atoms with Gasteiger partial charge in [0.15, 0.2) is 0 Å². The largest absolute Gasteiger partial charge is 0.447 e. The molecule has 3 fully saturated rings. The molecule has 1 atom stereocenters. The molecule has 3 rings (SSSR count). The fraction of sp³-hybridized carbons (Fsp3) is 0.917. The number of carbonyl (C=O) groups is 1. The van der Waals surface area contributed by atoms with Gasteiger partial charge in [-0.25, -0.2) is 4.79 Å². The molecule has 2 aliphatic heterocycles. The number of amides is 1. The minimum atomic E-state index is -0.0633. The van der Waals surface area contributed by atoms with Crippen molar-refractivity contribution in [2.24, 2.45) is 0 Å². The van der Waals surface area contributed by atoms with Gasteiger partial charge in [0.25, 0.3) is 0 Å². The molecule has 1 aliphatic carbocycles. The van der Waals surface area contributed by atoms with Crippen molar-refractivity contribution < 1.29 is 9.53 Å². The van der Waals surface area contributed by atoms with Crippen LogP contribution in [0.2, 0.25) is 0 Å². The van der Waals surface area contributed by atoms with E-state index < -0.39 is 0 Å². The van der Waals surface area contributed by atoms with Crippen molar-refractivity contribution in [1.82, 2.24) is 10.2 Å². The first-order chi connectivity index (χ1) is 7.82. The first kappa shape index (κ1) is 10.4. The van der Waals surface area contributed by atoms with E-state index in [2.05, 4.69) is 10.2 Å². The van der Waals surface area contributed by atoms with E-state index in [1.807, 2.05) is 0 Å². The lowest BCUT2D eigenvalue weighted by Crippen LogP contribution is -2.54. The second-order valence-corrected chi connectivity index (χ2v) is 5.34. The molecule has 16 heavy (non-hydrogen) atoms. The molecular formula is C12H20N2O2. The normalized spacial score (nSPS) is 36.0. The van der Waals surface area contributed by atoms with Crippen LogP contribution in [0.5, 0.6) is 0 Å². The number of hydrogen-bond donors (Lipinski definition) is 1. The van der Waals surface area contributed by atoms with Gasteiger partial charge in [-0.2, -0.15) is 0 Å². The van der Waals surface area contributed by atoms with Gasteiger partial charge in [-0.15, -0.1) is 0 Å². The summed E-state index contributed by atoms with van der Waals surface area (Å²) in [7, 11) is 0. The van der Waals surface area contributed by atoms with Crippen LogP contribution in [0.15, 0.2) is 0 Å². The summed E-state index contributed by atoms with van der Waals surface area (Å²) in [4.78, 5) is 14.0. The molecule has 0 aromatic carbocycles. The van der Waals surface area contributed by atoms with Crippen LogP contribution in [0.25, 0.3) is 0 Å². The van der Waals surface area contributed by atoms with Crippen LogP contribution >= 0.6 is 0 Å². The number of nitrogens with one attached hydrogen (secondary N) is 1. The molecule has 0 aromatic heterocycles. The Morgan fingerprint density at radius 2 is 2.12 bits per heavy atom. The second-order valence-electron chi connectivity index (χ2n) is 5.34. The molecule has 1 N–H and O–H groups in total. The standard InChI is InChI=1S/C12H20N2O2/c15-11-14(10-3-1-4-10)12(9-16-11)5-2-7-13-8-6-12/h10,13H,1-9H2. The summed E-state index contributed by atoms with van der Waals surface area (Å²) in [5, 5.41) is 3.42. The van der Waals surface area contributed by atoms with E-state index in [4.69, 9.17) is 4.74 Å². The summed E-state index contributed by atoms with van der Waals surface area (Å²) in [6.45, 7) is 2.71. The topological polar surface area (TPSA) is 41.6 Å². The van der Waals surface area contributed by atoms with Crippen LogP contribution in [-0.4, -0.2) is 42.3 Å². The van der Waals surface area contributed by atoms with Crippen molar-refractivity contribution in [3.05, 3.63) is 0 Å². The lowest BCUT2D eigenvalue weighted by molar-refractivity contribution is 0.0683. The van der Waals surface area contributed by atoms with Crippen LogP contribution < -0.4 is 5.32 Å². The Hall–Kier alpha value is -0.770. The Labute approximate surface area is 96.3 Å². The van der Waals surface area contributed by atoms with Crippen molar-refractivity contribution in [2.75, 3.05) is 19.7 Å². The van der Waals surface area contributed by atoms with E-state index >= 15 is 0 Å². The predicted octanol–water partition coefficient (Wildman–Crippen LogP) is 1.50. The van der Waals surface area contributed by atoms with Gasteiger partial charge in [0.05, 0.1) is 5.54 Å². The predicted molar refractivity (Wildman–Crippen MR) is 60.3 cm³/mol. The second kappa shape index (κ2) is 3.91. The SMILES string of the molecule is O=C1OCC2(CCCNCC2)N1C1CCC1. The average Bonchev–Trinajstić information content (AvgIpc) is 2.43. The number of hydrogen-bond acceptors (Lipinski definition) is 3. The highest BCUT2D eigenvalue weighted by Gasteiger charge is 2.51. The number of cyclic esters (lactones) is 1. The third-order valence-electron chi connectivity index (χ3n) is 4.37. The van der Waals surface area contributed by atoms with Crippen LogP contribution in [-0.2, 0) is 4.74 Å². The highest BCUT2D eigenvalue weighted by Crippen LogP contribution is 2.40. The van der Waals surface area contributed by atoms with Crippen LogP contribution in [0.1, 0.15) is 38.5 Å². The third-order valence-corrected chi connectivity index (χ3v) is 4.37. The Balaban J connectivity index is 1.82. The van der Waals surface area contributed by atoms with Gasteiger partial charge in [-0.1, -0.05) is 0 Å². The minimum Gasteiger partial charge on any atom is -0.447 e. The van der Waals surface area contributed by atoms with Gasteiger partial charge < -0.3 is 10.1 Å². The highest BCUT2D eigenvalue weighted by atomic mass is 16.6. The van der Waals surface area contributed by atoms with Crippen LogP contribution in [0, 0.1) is 0 Å². The molecular weight excluding hydrogens is 204 g/mol. The zero-order valence-corrected chi connectivity index (χ0v) is 9.71. The van der Waals surface area contributed by atoms with Crippen molar-refractivity contribution in [1.29, 1.82) is 0 Å². The fourth-order valence-corrected chi connectivity index (χ4v) is 3.21. The number of rotatable bonds is 1. The Morgan fingerprint density at radius 1 is 1.25 bits per heavy atom. The molecule has 0 aromatic rings. The first-order valence-corrected chi connectivity index (χ1v) is 6.49. The third kappa shape index (κ3) is 1.51. The van der Waals surface area contributed by atoms with E-state index in [1.54, 1.807) is 0 Å². The van der Waals surface area contributed by atoms with Crippen molar-refractivity contribution in [3.63, 3.8) is 0 Å². The summed E-state index contributed by atoms with van der Waals surface area (Å²) < 4.78 is 5.33. The molecule has 2 saturated heterocycles. The molecule has 0 radical (unpaired) electrons. The first-order valence-electron chi connectivity index (χ1n) is 6.49. The smallest absolute Gasteiger partial charge is 0.410 e.